The summed E-state index contributed by atoms with van der Waals surface area (Å²) in [5, 5.41) is 10.4. The number of nitrogens with zero attached hydrogens (tertiary/aromatic N) is 2. The van der Waals surface area contributed by atoms with Crippen molar-refractivity contribution < 1.29 is 5.11 Å². The molecule has 1 heterocycles. The van der Waals surface area contributed by atoms with Gasteiger partial charge in [0.25, 0.3) is 5.56 Å². The average molecular weight is 312 g/mol. The SMILES string of the molecule is Cn1c(SCc2ccc(CO)cc2)nc2ccccc2c1=O. The van der Waals surface area contributed by atoms with E-state index in [2.05, 4.69) is 4.98 Å². The normalized spacial score (nSPS) is 11.0. The van der Waals surface area contributed by atoms with Crippen LogP contribution in [0.1, 0.15) is 11.1 Å². The molecule has 0 saturated carbocycles. The van der Waals surface area contributed by atoms with E-state index in [0.29, 0.717) is 10.5 Å². The lowest BCUT2D eigenvalue weighted by atomic mass is 10.2. The molecule has 0 amide bonds. The minimum Gasteiger partial charge on any atom is -0.392 e. The highest BCUT2D eigenvalue weighted by Crippen LogP contribution is 2.21. The van der Waals surface area contributed by atoms with Gasteiger partial charge in [-0.2, -0.15) is 0 Å². The van der Waals surface area contributed by atoms with Gasteiger partial charge in [0.15, 0.2) is 5.16 Å². The Morgan fingerprint density at radius 1 is 1.09 bits per heavy atom. The van der Waals surface area contributed by atoms with Crippen LogP contribution >= 0.6 is 11.8 Å². The van der Waals surface area contributed by atoms with E-state index in [1.165, 1.54) is 11.8 Å². The van der Waals surface area contributed by atoms with Crippen LogP contribution < -0.4 is 5.56 Å². The molecule has 112 valence electrons. The molecule has 4 nitrogen and oxygen atoms in total. The maximum atomic E-state index is 12.3. The second-order valence-electron chi connectivity index (χ2n) is 5.04. The summed E-state index contributed by atoms with van der Waals surface area (Å²) in [6.45, 7) is 0.0498. The van der Waals surface area contributed by atoms with E-state index in [-0.39, 0.29) is 12.2 Å². The molecule has 0 atom stereocenters. The third-order valence-corrected chi connectivity index (χ3v) is 4.62. The van der Waals surface area contributed by atoms with Crippen LogP contribution in [0.15, 0.2) is 58.5 Å². The molecule has 0 spiro atoms. The summed E-state index contributed by atoms with van der Waals surface area (Å²) in [5.41, 5.74) is 2.72. The topological polar surface area (TPSA) is 55.1 Å². The van der Waals surface area contributed by atoms with Crippen LogP contribution in [-0.2, 0) is 19.4 Å². The van der Waals surface area contributed by atoms with E-state index in [1.54, 1.807) is 17.7 Å². The van der Waals surface area contributed by atoms with Crippen LogP contribution in [0.5, 0.6) is 0 Å². The zero-order chi connectivity index (χ0) is 15.5. The molecular formula is C17H16N2O2S. The Morgan fingerprint density at radius 3 is 2.50 bits per heavy atom. The van der Waals surface area contributed by atoms with E-state index in [0.717, 1.165) is 22.4 Å². The minimum atomic E-state index is -0.0243. The summed E-state index contributed by atoms with van der Waals surface area (Å²) >= 11 is 1.53. The first kappa shape index (κ1) is 14.8. The Hall–Kier alpha value is -2.11. The molecule has 0 aliphatic rings. The Kier molecular flexibility index (Phi) is 4.27. The zero-order valence-electron chi connectivity index (χ0n) is 12.2. The molecule has 3 rings (SSSR count). The van der Waals surface area contributed by atoms with Crippen LogP contribution in [-0.4, -0.2) is 14.7 Å². The van der Waals surface area contributed by atoms with Crippen LogP contribution in [0.3, 0.4) is 0 Å². The lowest BCUT2D eigenvalue weighted by Gasteiger charge is -2.08. The fourth-order valence-corrected chi connectivity index (χ4v) is 3.14. The predicted octanol–water partition coefficient (Wildman–Crippen LogP) is 2.72. The number of benzene rings is 2. The van der Waals surface area contributed by atoms with Gasteiger partial charge in [-0.3, -0.25) is 9.36 Å². The molecule has 1 N–H and O–H groups in total. The second-order valence-corrected chi connectivity index (χ2v) is 5.98. The Morgan fingerprint density at radius 2 is 1.77 bits per heavy atom. The third-order valence-electron chi connectivity index (χ3n) is 3.52. The monoisotopic (exact) mass is 312 g/mol. The van der Waals surface area contributed by atoms with Gasteiger partial charge < -0.3 is 5.11 Å². The Balaban J connectivity index is 1.87. The lowest BCUT2D eigenvalue weighted by Crippen LogP contribution is -2.19. The average Bonchev–Trinajstić information content (AvgIpc) is 2.57. The molecule has 0 aliphatic heterocycles. The van der Waals surface area contributed by atoms with Crippen molar-refractivity contribution in [3.63, 3.8) is 0 Å². The van der Waals surface area contributed by atoms with Crippen molar-refractivity contribution in [3.05, 3.63) is 70.0 Å². The fraction of sp³-hybridized carbons (Fsp3) is 0.176. The standard InChI is InChI=1S/C17H16N2O2S/c1-19-16(21)14-4-2-3-5-15(14)18-17(19)22-11-13-8-6-12(10-20)7-9-13/h2-9,20H,10-11H2,1H3. The molecule has 0 bridgehead atoms. The molecule has 2 aromatic carbocycles. The van der Waals surface area contributed by atoms with Crippen molar-refractivity contribution in [1.29, 1.82) is 0 Å². The van der Waals surface area contributed by atoms with Gasteiger partial charge in [-0.25, -0.2) is 4.98 Å². The van der Waals surface area contributed by atoms with E-state index >= 15 is 0 Å². The maximum absolute atomic E-state index is 12.3. The summed E-state index contributed by atoms with van der Waals surface area (Å²) in [6, 6.07) is 15.2. The molecule has 0 saturated heterocycles. The van der Waals surface area contributed by atoms with E-state index in [9.17, 15) is 4.79 Å². The van der Waals surface area contributed by atoms with Crippen molar-refractivity contribution in [2.45, 2.75) is 17.5 Å². The molecule has 0 radical (unpaired) electrons. The highest BCUT2D eigenvalue weighted by molar-refractivity contribution is 7.98. The number of aromatic nitrogens is 2. The van der Waals surface area contributed by atoms with E-state index < -0.39 is 0 Å². The number of fused-ring (bicyclic) bond motifs is 1. The van der Waals surface area contributed by atoms with Crippen molar-refractivity contribution in [2.24, 2.45) is 7.05 Å². The van der Waals surface area contributed by atoms with Crippen LogP contribution in [0.25, 0.3) is 10.9 Å². The molecule has 0 fully saturated rings. The first-order valence-corrected chi connectivity index (χ1v) is 7.95. The molecule has 5 heteroatoms. The fourth-order valence-electron chi connectivity index (χ4n) is 2.22. The summed E-state index contributed by atoms with van der Waals surface area (Å²) < 4.78 is 1.59. The first-order valence-electron chi connectivity index (χ1n) is 6.96. The van der Waals surface area contributed by atoms with Gasteiger partial charge in [-0.1, -0.05) is 48.2 Å². The summed E-state index contributed by atoms with van der Waals surface area (Å²) in [7, 11) is 1.75. The largest absolute Gasteiger partial charge is 0.392 e. The molecule has 22 heavy (non-hydrogen) atoms. The second kappa shape index (κ2) is 6.34. The maximum Gasteiger partial charge on any atom is 0.261 e. The molecule has 1 aromatic heterocycles. The van der Waals surface area contributed by atoms with Crippen molar-refractivity contribution in [1.82, 2.24) is 9.55 Å². The number of para-hydroxylation sites is 1. The number of aliphatic hydroxyl groups excluding tert-OH is 1. The van der Waals surface area contributed by atoms with Gasteiger partial charge in [0.05, 0.1) is 17.5 Å². The first-order chi connectivity index (χ1) is 10.7. The number of hydrogen-bond acceptors (Lipinski definition) is 4. The van der Waals surface area contributed by atoms with Crippen molar-refractivity contribution in [2.75, 3.05) is 0 Å². The molecule has 0 aliphatic carbocycles. The number of rotatable bonds is 4. The van der Waals surface area contributed by atoms with Gasteiger partial charge in [-0.15, -0.1) is 0 Å². The van der Waals surface area contributed by atoms with Gasteiger partial charge >= 0.3 is 0 Å². The Bertz CT molecular complexity index is 857. The smallest absolute Gasteiger partial charge is 0.261 e. The van der Waals surface area contributed by atoms with E-state index in [1.807, 2.05) is 42.5 Å². The quantitative estimate of drug-likeness (QED) is 0.594. The number of thioether (sulfide) groups is 1. The zero-order valence-corrected chi connectivity index (χ0v) is 13.0. The van der Waals surface area contributed by atoms with Gasteiger partial charge in [0.2, 0.25) is 0 Å². The Labute approximate surface area is 132 Å². The van der Waals surface area contributed by atoms with Crippen molar-refractivity contribution in [3.8, 4) is 0 Å². The van der Waals surface area contributed by atoms with Crippen LogP contribution in [0.2, 0.25) is 0 Å². The highest BCUT2D eigenvalue weighted by atomic mass is 32.2. The summed E-state index contributed by atoms with van der Waals surface area (Å²) in [5.74, 6) is 0.727. The summed E-state index contributed by atoms with van der Waals surface area (Å²) in [6.07, 6.45) is 0. The minimum absolute atomic E-state index is 0.0243. The summed E-state index contributed by atoms with van der Waals surface area (Å²) in [4.78, 5) is 16.9. The van der Waals surface area contributed by atoms with Crippen LogP contribution in [0.4, 0.5) is 0 Å². The molecular weight excluding hydrogens is 296 g/mol. The lowest BCUT2D eigenvalue weighted by molar-refractivity contribution is 0.282. The van der Waals surface area contributed by atoms with Gasteiger partial charge in [-0.05, 0) is 23.3 Å². The van der Waals surface area contributed by atoms with Crippen molar-refractivity contribution >= 4 is 22.7 Å². The van der Waals surface area contributed by atoms with Gasteiger partial charge in [0.1, 0.15) is 0 Å². The number of aliphatic hydroxyl groups is 1. The third kappa shape index (κ3) is 2.91. The highest BCUT2D eigenvalue weighted by Gasteiger charge is 2.08. The molecule has 0 unspecified atom stereocenters. The van der Waals surface area contributed by atoms with Crippen LogP contribution in [0, 0.1) is 0 Å². The predicted molar refractivity (Wildman–Crippen MR) is 88.9 cm³/mol. The van der Waals surface area contributed by atoms with Gasteiger partial charge in [0, 0.05) is 12.8 Å². The molecule has 3 aromatic rings. The number of hydrogen-bond donors (Lipinski definition) is 1. The van der Waals surface area contributed by atoms with E-state index in [4.69, 9.17) is 5.11 Å².